The van der Waals surface area contributed by atoms with E-state index in [4.69, 9.17) is 11.7 Å². The molecule has 0 aliphatic heterocycles. The van der Waals surface area contributed by atoms with E-state index in [1.165, 1.54) is 17.7 Å². The van der Waals surface area contributed by atoms with Crippen molar-refractivity contribution >= 4 is 0 Å². The highest BCUT2D eigenvalue weighted by Gasteiger charge is 2.33. The highest BCUT2D eigenvalue weighted by molar-refractivity contribution is 5.43. The van der Waals surface area contributed by atoms with Crippen LogP contribution >= 0.6 is 0 Å². The van der Waals surface area contributed by atoms with Crippen molar-refractivity contribution in [2.45, 2.75) is 19.3 Å². The molecule has 0 saturated carbocycles. The van der Waals surface area contributed by atoms with Crippen LogP contribution in [0.1, 0.15) is 30.3 Å². The van der Waals surface area contributed by atoms with Crippen LogP contribution < -0.4 is 0 Å². The normalized spacial score (nSPS) is 10.0. The first-order valence-corrected chi connectivity index (χ1v) is 6.47. The zero-order valence-electron chi connectivity index (χ0n) is 12.2. The van der Waals surface area contributed by atoms with Crippen LogP contribution in [0.25, 0.3) is 5.69 Å². The number of benzene rings is 1. The monoisotopic (exact) mass is 299 g/mol. The van der Waals surface area contributed by atoms with Gasteiger partial charge in [-0.15, -0.1) is 19.6 Å². The van der Waals surface area contributed by atoms with Crippen molar-refractivity contribution in [2.75, 3.05) is 0 Å². The minimum absolute atomic E-state index is 0.248. The molecule has 22 heavy (non-hydrogen) atoms. The summed E-state index contributed by atoms with van der Waals surface area (Å²) < 4.78 is 28.6. The van der Waals surface area contributed by atoms with Crippen molar-refractivity contribution in [3.63, 3.8) is 0 Å². The molecule has 2 aromatic rings. The molecule has 1 heterocycles. The minimum Gasteiger partial charge on any atom is -0.225 e. The second-order valence-electron chi connectivity index (χ2n) is 4.19. The van der Waals surface area contributed by atoms with Crippen LogP contribution in [0.5, 0.6) is 0 Å². The lowest BCUT2D eigenvalue weighted by Gasteiger charge is -2.09. The first-order chi connectivity index (χ1) is 10.5. The van der Waals surface area contributed by atoms with Crippen molar-refractivity contribution in [3.05, 3.63) is 60.4 Å². The Morgan fingerprint density at radius 3 is 2.36 bits per heavy atom. The fraction of sp³-hybridized carbons (Fsp3) is 0.176. The van der Waals surface area contributed by atoms with Crippen molar-refractivity contribution in [1.82, 2.24) is 9.78 Å². The predicted molar refractivity (Wildman–Crippen MR) is 81.7 cm³/mol. The molecule has 3 nitrogen and oxygen atoms in total. The van der Waals surface area contributed by atoms with Crippen LogP contribution in [0, 0.1) is 23.7 Å². The van der Waals surface area contributed by atoms with Crippen LogP contribution in [0.2, 0.25) is 0 Å². The molecule has 0 fully saturated rings. The average Bonchev–Trinajstić information content (AvgIpc) is 3.02. The third-order valence-corrected chi connectivity index (χ3v) is 2.92. The quantitative estimate of drug-likeness (QED) is 0.634. The lowest BCUT2D eigenvalue weighted by molar-refractivity contribution is -0.0131. The maximum absolute atomic E-state index is 13.7. The lowest BCUT2D eigenvalue weighted by Crippen LogP contribution is -2.13. The summed E-state index contributed by atoms with van der Waals surface area (Å²) in [6.07, 6.45) is 4.99. The van der Waals surface area contributed by atoms with Gasteiger partial charge in [0.15, 0.2) is 0 Å². The second kappa shape index (κ2) is 7.19. The molecule has 112 valence electrons. The number of halogens is 2. The Morgan fingerprint density at radius 1 is 1.32 bits per heavy atom. The summed E-state index contributed by atoms with van der Waals surface area (Å²) in [6.45, 7) is 7.39. The summed E-state index contributed by atoms with van der Waals surface area (Å²) in [5.74, 6) is -0.669. The van der Waals surface area contributed by atoms with E-state index < -0.39 is 5.92 Å². The Balaban J connectivity index is 0.00000116. The summed E-state index contributed by atoms with van der Waals surface area (Å²) in [6, 6.07) is 9.57. The predicted octanol–water partition coefficient (Wildman–Crippen LogP) is 4.03. The van der Waals surface area contributed by atoms with Gasteiger partial charge >= 0.3 is 0 Å². The van der Waals surface area contributed by atoms with Gasteiger partial charge in [0.1, 0.15) is 11.4 Å². The number of alkyl halides is 2. The molecule has 1 aromatic heterocycles. The van der Waals surface area contributed by atoms with Gasteiger partial charge in [-0.3, -0.25) is 0 Å². The van der Waals surface area contributed by atoms with Crippen molar-refractivity contribution in [2.24, 2.45) is 0 Å². The molecular weight excluding hydrogens is 284 g/mol. The minimum atomic E-state index is -3.01. The largest absolute Gasteiger partial charge is 0.291 e. The van der Waals surface area contributed by atoms with E-state index in [-0.39, 0.29) is 17.8 Å². The van der Waals surface area contributed by atoms with E-state index in [2.05, 4.69) is 24.2 Å². The van der Waals surface area contributed by atoms with Gasteiger partial charge in [-0.2, -0.15) is 19.1 Å². The highest BCUT2D eigenvalue weighted by Crippen LogP contribution is 2.31. The number of nitrogens with zero attached hydrogens (tertiary/aromatic N) is 3. The van der Waals surface area contributed by atoms with Crippen molar-refractivity contribution in [3.8, 4) is 24.1 Å². The summed E-state index contributed by atoms with van der Waals surface area (Å²) >= 11 is 0. The SMILES string of the molecule is C#Cc1cc(C(F)(F)CC)nn1-c1ccc(C#N)cc1.C=C. The third kappa shape index (κ3) is 3.39. The summed E-state index contributed by atoms with van der Waals surface area (Å²) in [5.41, 5.74) is 0.910. The van der Waals surface area contributed by atoms with E-state index in [1.807, 2.05) is 6.07 Å². The lowest BCUT2D eigenvalue weighted by atomic mass is 10.2. The zero-order chi connectivity index (χ0) is 16.8. The summed E-state index contributed by atoms with van der Waals surface area (Å²) in [7, 11) is 0. The van der Waals surface area contributed by atoms with Crippen molar-refractivity contribution < 1.29 is 8.78 Å². The molecule has 0 atom stereocenters. The Kier molecular flexibility index (Phi) is 5.60. The van der Waals surface area contributed by atoms with Gasteiger partial charge < -0.3 is 0 Å². The van der Waals surface area contributed by atoms with Gasteiger partial charge in [-0.05, 0) is 24.3 Å². The molecule has 0 bridgehead atoms. The molecule has 0 radical (unpaired) electrons. The van der Waals surface area contributed by atoms with E-state index in [0.717, 1.165) is 0 Å². The van der Waals surface area contributed by atoms with E-state index in [1.54, 1.807) is 24.3 Å². The molecule has 0 N–H and O–H groups in total. The Morgan fingerprint density at radius 2 is 1.91 bits per heavy atom. The number of hydrogen-bond donors (Lipinski definition) is 0. The fourth-order valence-electron chi connectivity index (χ4n) is 1.72. The molecular formula is C17H15F2N3. The molecule has 1 aromatic carbocycles. The van der Waals surface area contributed by atoms with Crippen LogP contribution in [0.3, 0.4) is 0 Å². The van der Waals surface area contributed by atoms with Crippen LogP contribution in [0.4, 0.5) is 8.78 Å². The maximum atomic E-state index is 13.7. The highest BCUT2D eigenvalue weighted by atomic mass is 19.3. The molecule has 0 spiro atoms. The second-order valence-corrected chi connectivity index (χ2v) is 4.19. The van der Waals surface area contributed by atoms with Crippen LogP contribution in [-0.4, -0.2) is 9.78 Å². The van der Waals surface area contributed by atoms with E-state index in [0.29, 0.717) is 11.3 Å². The summed E-state index contributed by atoms with van der Waals surface area (Å²) in [5, 5.41) is 12.6. The number of hydrogen-bond acceptors (Lipinski definition) is 2. The van der Waals surface area contributed by atoms with Gasteiger partial charge in [0.05, 0.1) is 17.3 Å². The molecule has 0 unspecified atom stereocenters. The van der Waals surface area contributed by atoms with Crippen LogP contribution in [0.15, 0.2) is 43.5 Å². The first-order valence-electron chi connectivity index (χ1n) is 6.47. The molecule has 5 heteroatoms. The van der Waals surface area contributed by atoms with Gasteiger partial charge in [-0.25, -0.2) is 4.68 Å². The average molecular weight is 299 g/mol. The molecule has 0 saturated heterocycles. The van der Waals surface area contributed by atoms with E-state index in [9.17, 15) is 8.78 Å². The van der Waals surface area contributed by atoms with E-state index >= 15 is 0 Å². The molecule has 0 aliphatic rings. The van der Waals surface area contributed by atoms with Gasteiger partial charge in [0.25, 0.3) is 5.92 Å². The van der Waals surface area contributed by atoms with Gasteiger partial charge in [-0.1, -0.05) is 12.8 Å². The maximum Gasteiger partial charge on any atom is 0.291 e. The standard InChI is InChI=1S/C15H11F2N3.C2H4/c1-3-12-9-14(15(16,17)4-2)19-20(12)13-7-5-11(10-18)6-8-13;1-2/h1,5-9H,4H2,2H3;1-2H2. The number of nitriles is 1. The zero-order valence-corrected chi connectivity index (χ0v) is 12.2. The Hall–Kier alpha value is -2.92. The number of aromatic nitrogens is 2. The first kappa shape index (κ1) is 17.1. The molecule has 0 amide bonds. The third-order valence-electron chi connectivity index (χ3n) is 2.92. The Labute approximate surface area is 128 Å². The molecule has 0 aliphatic carbocycles. The number of terminal acetylenes is 1. The topological polar surface area (TPSA) is 41.6 Å². The van der Waals surface area contributed by atoms with Crippen molar-refractivity contribution in [1.29, 1.82) is 5.26 Å². The molecule has 2 rings (SSSR count). The van der Waals surface area contributed by atoms with Gasteiger partial charge in [0.2, 0.25) is 0 Å². The summed E-state index contributed by atoms with van der Waals surface area (Å²) in [4.78, 5) is 0. The number of rotatable bonds is 3. The Bertz CT molecular complexity index is 716. The van der Waals surface area contributed by atoms with Crippen LogP contribution in [-0.2, 0) is 5.92 Å². The smallest absolute Gasteiger partial charge is 0.225 e. The van der Waals surface area contributed by atoms with Gasteiger partial charge in [0, 0.05) is 12.5 Å². The fourth-order valence-corrected chi connectivity index (χ4v) is 1.72.